The fourth-order valence-corrected chi connectivity index (χ4v) is 2.19. The van der Waals surface area contributed by atoms with Crippen LogP contribution < -0.4 is 5.32 Å². The third kappa shape index (κ3) is 3.83. The van der Waals surface area contributed by atoms with Gasteiger partial charge in [-0.2, -0.15) is 0 Å². The Balaban J connectivity index is 2.03. The van der Waals surface area contributed by atoms with Crippen LogP contribution in [0.15, 0.2) is 54.6 Å². The number of amides is 1. The van der Waals surface area contributed by atoms with Crippen molar-refractivity contribution in [3.63, 3.8) is 0 Å². The number of aliphatic hydroxyl groups is 1. The zero-order valence-electron chi connectivity index (χ0n) is 10.9. The van der Waals surface area contributed by atoms with E-state index in [4.69, 9.17) is 11.6 Å². The molecule has 0 fully saturated rings. The van der Waals surface area contributed by atoms with Crippen molar-refractivity contribution in [2.45, 2.75) is 12.5 Å². The molecule has 4 heteroatoms. The first-order valence-electron chi connectivity index (χ1n) is 6.41. The number of hydrogen-bond donors (Lipinski definition) is 2. The zero-order chi connectivity index (χ0) is 14.4. The van der Waals surface area contributed by atoms with Crippen molar-refractivity contribution in [2.24, 2.45) is 0 Å². The van der Waals surface area contributed by atoms with Crippen molar-refractivity contribution in [3.05, 3.63) is 70.7 Å². The lowest BCUT2D eigenvalue weighted by molar-refractivity contribution is 0.0916. The van der Waals surface area contributed by atoms with Gasteiger partial charge < -0.3 is 10.4 Å². The van der Waals surface area contributed by atoms with E-state index >= 15 is 0 Å². The molecule has 0 aromatic heterocycles. The summed E-state index contributed by atoms with van der Waals surface area (Å²) < 4.78 is 0. The summed E-state index contributed by atoms with van der Waals surface area (Å²) >= 11 is 5.98. The Morgan fingerprint density at radius 3 is 2.40 bits per heavy atom. The van der Waals surface area contributed by atoms with E-state index in [9.17, 15) is 9.90 Å². The van der Waals surface area contributed by atoms with Gasteiger partial charge in [0.15, 0.2) is 0 Å². The van der Waals surface area contributed by atoms with Crippen molar-refractivity contribution in [2.75, 3.05) is 6.61 Å². The molecule has 20 heavy (non-hydrogen) atoms. The molecule has 0 spiro atoms. The Labute approximate surface area is 123 Å². The van der Waals surface area contributed by atoms with Gasteiger partial charge in [-0.1, -0.05) is 54.1 Å². The van der Waals surface area contributed by atoms with E-state index in [2.05, 4.69) is 5.32 Å². The molecule has 3 nitrogen and oxygen atoms in total. The summed E-state index contributed by atoms with van der Waals surface area (Å²) in [5.74, 6) is -0.273. The van der Waals surface area contributed by atoms with Crippen molar-refractivity contribution >= 4 is 17.5 Å². The van der Waals surface area contributed by atoms with Crippen LogP contribution in [0.25, 0.3) is 0 Å². The molecular weight excluding hydrogens is 274 g/mol. The average molecular weight is 290 g/mol. The molecule has 0 bridgehead atoms. The lowest BCUT2D eigenvalue weighted by Crippen LogP contribution is -2.39. The first-order valence-corrected chi connectivity index (χ1v) is 6.78. The molecule has 0 saturated heterocycles. The third-order valence-electron chi connectivity index (χ3n) is 3.00. The van der Waals surface area contributed by atoms with E-state index in [1.54, 1.807) is 24.3 Å². The molecule has 0 saturated carbocycles. The lowest BCUT2D eigenvalue weighted by atomic mass is 10.1. The smallest absolute Gasteiger partial charge is 0.253 e. The quantitative estimate of drug-likeness (QED) is 0.889. The SMILES string of the molecule is O=C(N[C@H](CO)Cc1ccccc1)c1ccccc1Cl. The Bertz CT molecular complexity index is 572. The highest BCUT2D eigenvalue weighted by molar-refractivity contribution is 6.33. The monoisotopic (exact) mass is 289 g/mol. The summed E-state index contributed by atoms with van der Waals surface area (Å²) in [5.41, 5.74) is 1.48. The maximum absolute atomic E-state index is 12.1. The molecule has 104 valence electrons. The third-order valence-corrected chi connectivity index (χ3v) is 3.33. The second-order valence-electron chi connectivity index (χ2n) is 4.52. The first kappa shape index (κ1) is 14.6. The van der Waals surface area contributed by atoms with E-state index in [1.807, 2.05) is 30.3 Å². The number of carbonyl (C=O) groups excluding carboxylic acids is 1. The molecular formula is C16H16ClNO2. The van der Waals surface area contributed by atoms with Crippen LogP contribution in [0, 0.1) is 0 Å². The van der Waals surface area contributed by atoms with Crippen molar-refractivity contribution in [1.82, 2.24) is 5.32 Å². The van der Waals surface area contributed by atoms with E-state index in [0.717, 1.165) is 5.56 Å². The van der Waals surface area contributed by atoms with Gasteiger partial charge in [-0.25, -0.2) is 0 Å². The van der Waals surface area contributed by atoms with E-state index in [-0.39, 0.29) is 18.6 Å². The molecule has 2 N–H and O–H groups in total. The standard InChI is InChI=1S/C16H16ClNO2/c17-15-9-5-4-8-14(15)16(20)18-13(11-19)10-12-6-2-1-3-7-12/h1-9,13,19H,10-11H2,(H,18,20)/t13-/m0/s1. The number of hydrogen-bond acceptors (Lipinski definition) is 2. The first-order chi connectivity index (χ1) is 9.70. The number of benzene rings is 2. The predicted molar refractivity (Wildman–Crippen MR) is 79.9 cm³/mol. The molecule has 0 radical (unpaired) electrons. The molecule has 2 aromatic carbocycles. The number of carbonyl (C=O) groups is 1. The topological polar surface area (TPSA) is 49.3 Å². The second kappa shape index (κ2) is 7.08. The van der Waals surface area contributed by atoms with Crippen LogP contribution in [0.2, 0.25) is 5.02 Å². The molecule has 2 aromatic rings. The van der Waals surface area contributed by atoms with Gasteiger partial charge in [0.2, 0.25) is 0 Å². The predicted octanol–water partition coefficient (Wildman–Crippen LogP) is 2.67. The van der Waals surface area contributed by atoms with Crippen LogP contribution in [0.5, 0.6) is 0 Å². The van der Waals surface area contributed by atoms with Crippen molar-refractivity contribution in [3.8, 4) is 0 Å². The molecule has 1 amide bonds. The number of halogens is 1. The summed E-state index contributed by atoms with van der Waals surface area (Å²) in [7, 11) is 0. The number of nitrogens with one attached hydrogen (secondary N) is 1. The highest BCUT2D eigenvalue weighted by Crippen LogP contribution is 2.15. The minimum absolute atomic E-state index is 0.120. The average Bonchev–Trinajstić information content (AvgIpc) is 2.48. The molecule has 0 unspecified atom stereocenters. The highest BCUT2D eigenvalue weighted by Gasteiger charge is 2.15. The Morgan fingerprint density at radius 2 is 1.75 bits per heavy atom. The fraction of sp³-hybridized carbons (Fsp3) is 0.188. The summed E-state index contributed by atoms with van der Waals surface area (Å²) in [6.07, 6.45) is 0.577. The summed E-state index contributed by atoms with van der Waals surface area (Å²) in [4.78, 5) is 12.1. The Hall–Kier alpha value is -1.84. The zero-order valence-corrected chi connectivity index (χ0v) is 11.7. The van der Waals surface area contributed by atoms with Gasteiger partial charge in [0.25, 0.3) is 5.91 Å². The summed E-state index contributed by atoms with van der Waals surface area (Å²) in [6, 6.07) is 16.2. The van der Waals surface area contributed by atoms with Crippen LogP contribution in [0.1, 0.15) is 15.9 Å². The molecule has 1 atom stereocenters. The van der Waals surface area contributed by atoms with E-state index < -0.39 is 0 Å². The van der Waals surface area contributed by atoms with Gasteiger partial charge in [-0.3, -0.25) is 4.79 Å². The summed E-state index contributed by atoms with van der Waals surface area (Å²) in [6.45, 7) is -0.120. The minimum atomic E-state index is -0.332. The maximum atomic E-state index is 12.1. The highest BCUT2D eigenvalue weighted by atomic mass is 35.5. The van der Waals surface area contributed by atoms with Gasteiger partial charge >= 0.3 is 0 Å². The Kier molecular flexibility index (Phi) is 5.16. The Morgan fingerprint density at radius 1 is 1.10 bits per heavy atom. The van der Waals surface area contributed by atoms with Gasteiger partial charge in [-0.05, 0) is 24.1 Å². The van der Waals surface area contributed by atoms with Gasteiger partial charge in [0.05, 0.1) is 23.2 Å². The molecule has 2 rings (SSSR count). The molecule has 0 aliphatic rings. The summed E-state index contributed by atoms with van der Waals surface area (Å²) in [5, 5.41) is 12.6. The van der Waals surface area contributed by atoms with Crippen LogP contribution >= 0.6 is 11.6 Å². The van der Waals surface area contributed by atoms with E-state index in [1.165, 1.54) is 0 Å². The lowest BCUT2D eigenvalue weighted by Gasteiger charge is -2.17. The largest absolute Gasteiger partial charge is 0.394 e. The van der Waals surface area contributed by atoms with Crippen LogP contribution in [-0.2, 0) is 6.42 Å². The molecule has 0 heterocycles. The van der Waals surface area contributed by atoms with Crippen LogP contribution in [0.3, 0.4) is 0 Å². The van der Waals surface area contributed by atoms with Gasteiger partial charge in [0.1, 0.15) is 0 Å². The molecule has 0 aliphatic carbocycles. The van der Waals surface area contributed by atoms with Crippen molar-refractivity contribution in [1.29, 1.82) is 0 Å². The van der Waals surface area contributed by atoms with Crippen LogP contribution in [-0.4, -0.2) is 23.7 Å². The van der Waals surface area contributed by atoms with Crippen molar-refractivity contribution < 1.29 is 9.90 Å². The second-order valence-corrected chi connectivity index (χ2v) is 4.93. The van der Waals surface area contributed by atoms with E-state index in [0.29, 0.717) is 17.0 Å². The van der Waals surface area contributed by atoms with Gasteiger partial charge in [-0.15, -0.1) is 0 Å². The number of rotatable bonds is 5. The fourth-order valence-electron chi connectivity index (χ4n) is 1.97. The normalized spacial score (nSPS) is 11.9. The van der Waals surface area contributed by atoms with Crippen LogP contribution in [0.4, 0.5) is 0 Å². The minimum Gasteiger partial charge on any atom is -0.394 e. The number of aliphatic hydroxyl groups excluding tert-OH is 1. The van der Waals surface area contributed by atoms with Gasteiger partial charge in [0, 0.05) is 0 Å². The maximum Gasteiger partial charge on any atom is 0.253 e. The molecule has 0 aliphatic heterocycles.